The Morgan fingerprint density at radius 1 is 1.19 bits per heavy atom. The second-order valence-electron chi connectivity index (χ2n) is 8.26. The smallest absolute Gasteiger partial charge is 0.300 e. The molecule has 1 aliphatic rings. The number of nitrogens with one attached hydrogen (secondary N) is 1. The molecule has 0 atom stereocenters. The highest BCUT2D eigenvalue weighted by Crippen LogP contribution is 2.33. The second kappa shape index (κ2) is 12.0. The Morgan fingerprint density at radius 3 is 2.50 bits per heavy atom. The van der Waals surface area contributed by atoms with E-state index in [2.05, 4.69) is 5.32 Å². The minimum atomic E-state index is -0.833. The number of amides is 1. The molecule has 10 heteroatoms. The molecule has 2 N–H and O–H groups in total. The normalized spacial score (nSPS) is 14.2. The number of carboxylic acid groups (broad SMARTS) is 1. The molecule has 0 unspecified atom stereocenters. The van der Waals surface area contributed by atoms with Gasteiger partial charge in [-0.2, -0.15) is 0 Å². The molecule has 3 heterocycles. The molecule has 3 aromatic rings. The summed E-state index contributed by atoms with van der Waals surface area (Å²) in [5.74, 6) is -0.550. The van der Waals surface area contributed by atoms with Gasteiger partial charge in [-0.3, -0.25) is 23.7 Å². The van der Waals surface area contributed by atoms with Crippen molar-refractivity contribution >= 4 is 57.7 Å². The molecule has 2 aromatic heterocycles. The molecule has 1 aromatic carbocycles. The highest BCUT2D eigenvalue weighted by atomic mass is 32.2. The van der Waals surface area contributed by atoms with Gasteiger partial charge in [0.1, 0.15) is 15.8 Å². The van der Waals surface area contributed by atoms with Crippen LogP contribution in [-0.2, 0) is 16.1 Å². The number of hydrogen-bond donors (Lipinski definition) is 2. The molecule has 1 fully saturated rings. The van der Waals surface area contributed by atoms with Crippen LogP contribution in [0.1, 0.15) is 42.5 Å². The number of benzene rings is 1. The average molecular weight is 525 g/mol. The summed E-state index contributed by atoms with van der Waals surface area (Å²) in [4.78, 5) is 42.0. The Morgan fingerprint density at radius 2 is 1.86 bits per heavy atom. The van der Waals surface area contributed by atoms with E-state index in [1.807, 2.05) is 57.2 Å². The summed E-state index contributed by atoms with van der Waals surface area (Å²) in [6.07, 6.45) is 4.13. The average Bonchev–Trinajstić information content (AvgIpc) is 3.09. The van der Waals surface area contributed by atoms with Crippen molar-refractivity contribution in [3.63, 3.8) is 0 Å². The number of thiocarbonyl (C=S) groups is 1. The molecule has 0 aliphatic carbocycles. The number of nitrogens with zero attached hydrogens (tertiary/aromatic N) is 3. The van der Waals surface area contributed by atoms with Gasteiger partial charge in [0.05, 0.1) is 10.5 Å². The van der Waals surface area contributed by atoms with Gasteiger partial charge in [-0.15, -0.1) is 0 Å². The lowest BCUT2D eigenvalue weighted by atomic mass is 10.1. The predicted octanol–water partition coefficient (Wildman–Crippen LogP) is 4.63. The van der Waals surface area contributed by atoms with Crippen molar-refractivity contribution in [2.45, 2.75) is 40.7 Å². The Bertz CT molecular complexity index is 1390. The third kappa shape index (κ3) is 6.38. The van der Waals surface area contributed by atoms with Crippen molar-refractivity contribution in [3.8, 4) is 0 Å². The van der Waals surface area contributed by atoms with E-state index in [4.69, 9.17) is 27.1 Å². The number of carbonyl (C=O) groups is 2. The monoisotopic (exact) mass is 524 g/mol. The number of anilines is 1. The van der Waals surface area contributed by atoms with Crippen LogP contribution in [0.25, 0.3) is 11.7 Å². The predicted molar refractivity (Wildman–Crippen MR) is 148 cm³/mol. The fraction of sp³-hybridized carbons (Fsp3) is 0.269. The molecular formula is C26H28N4O4S2. The van der Waals surface area contributed by atoms with E-state index in [9.17, 15) is 9.59 Å². The first kappa shape index (κ1) is 27.1. The standard InChI is InChI=1S/C24H24N4O2S2.C2H4O2/c1-4-11-28-23(30)19(32-24(28)31)13-18-20(25-14-17-9-7-15(2)8-10-17)26-21-16(3)6-5-12-27(21)22(18)29;1-2(3)4/h5-10,12-13,25H,4,11,14H2,1-3H3;1H3,(H,3,4). The van der Waals surface area contributed by atoms with Crippen LogP contribution in [0.3, 0.4) is 0 Å². The third-order valence-electron chi connectivity index (χ3n) is 5.26. The third-order valence-corrected chi connectivity index (χ3v) is 6.64. The fourth-order valence-electron chi connectivity index (χ4n) is 3.52. The maximum Gasteiger partial charge on any atom is 0.300 e. The number of rotatable bonds is 6. The summed E-state index contributed by atoms with van der Waals surface area (Å²) in [5.41, 5.74) is 3.84. The summed E-state index contributed by atoms with van der Waals surface area (Å²) in [6, 6.07) is 11.9. The number of carbonyl (C=O) groups excluding carboxylic acids is 1. The number of hydrogen-bond acceptors (Lipinski definition) is 7. The number of thioether (sulfide) groups is 1. The lowest BCUT2D eigenvalue weighted by Gasteiger charge is -2.13. The van der Waals surface area contributed by atoms with Gasteiger partial charge in [0.2, 0.25) is 0 Å². The van der Waals surface area contributed by atoms with Gasteiger partial charge in [-0.25, -0.2) is 4.98 Å². The molecule has 0 bridgehead atoms. The van der Waals surface area contributed by atoms with Crippen LogP contribution in [0.5, 0.6) is 0 Å². The molecule has 4 rings (SSSR count). The fourth-order valence-corrected chi connectivity index (χ4v) is 4.81. The van der Waals surface area contributed by atoms with Gasteiger partial charge in [-0.1, -0.05) is 66.8 Å². The van der Waals surface area contributed by atoms with Gasteiger partial charge in [0.25, 0.3) is 17.4 Å². The van der Waals surface area contributed by atoms with Crippen LogP contribution in [0.2, 0.25) is 0 Å². The summed E-state index contributed by atoms with van der Waals surface area (Å²) < 4.78 is 2.03. The molecule has 1 saturated heterocycles. The first-order valence-electron chi connectivity index (χ1n) is 11.4. The highest BCUT2D eigenvalue weighted by molar-refractivity contribution is 8.26. The van der Waals surface area contributed by atoms with Crippen LogP contribution >= 0.6 is 24.0 Å². The van der Waals surface area contributed by atoms with Crippen molar-refractivity contribution in [1.29, 1.82) is 0 Å². The first-order chi connectivity index (χ1) is 17.1. The molecule has 0 saturated carbocycles. The largest absolute Gasteiger partial charge is 0.481 e. The zero-order chi connectivity index (χ0) is 26.4. The van der Waals surface area contributed by atoms with Crippen LogP contribution < -0.4 is 10.9 Å². The molecule has 188 valence electrons. The second-order valence-corrected chi connectivity index (χ2v) is 9.93. The molecule has 0 spiro atoms. The minimum Gasteiger partial charge on any atom is -0.481 e. The number of pyridine rings is 1. The van der Waals surface area contributed by atoms with Gasteiger partial charge >= 0.3 is 0 Å². The molecule has 36 heavy (non-hydrogen) atoms. The van der Waals surface area contributed by atoms with E-state index in [0.717, 1.165) is 24.5 Å². The Hall–Kier alpha value is -3.50. The van der Waals surface area contributed by atoms with Gasteiger partial charge < -0.3 is 10.4 Å². The van der Waals surface area contributed by atoms with E-state index in [-0.39, 0.29) is 11.5 Å². The van der Waals surface area contributed by atoms with Crippen LogP contribution in [0, 0.1) is 13.8 Å². The number of aromatic nitrogens is 2. The van der Waals surface area contributed by atoms with E-state index >= 15 is 0 Å². The summed E-state index contributed by atoms with van der Waals surface area (Å²) >= 11 is 6.60. The maximum atomic E-state index is 13.4. The number of carboxylic acids is 1. The summed E-state index contributed by atoms with van der Waals surface area (Å²) in [7, 11) is 0. The number of aliphatic carboxylic acids is 1. The topological polar surface area (TPSA) is 104 Å². The van der Waals surface area contributed by atoms with Crippen LogP contribution in [-0.4, -0.2) is 42.1 Å². The van der Waals surface area contributed by atoms with E-state index in [1.54, 1.807) is 17.2 Å². The first-order valence-corrected chi connectivity index (χ1v) is 12.6. The zero-order valence-electron chi connectivity index (χ0n) is 20.6. The van der Waals surface area contributed by atoms with Crippen molar-refractivity contribution in [1.82, 2.24) is 14.3 Å². The quantitative estimate of drug-likeness (QED) is 0.356. The van der Waals surface area contributed by atoms with Gasteiger partial charge in [0, 0.05) is 26.2 Å². The Kier molecular flexibility index (Phi) is 9.00. The van der Waals surface area contributed by atoms with Crippen molar-refractivity contribution in [2.24, 2.45) is 0 Å². The minimum absolute atomic E-state index is 0.167. The van der Waals surface area contributed by atoms with Gasteiger partial charge in [0.15, 0.2) is 0 Å². The molecule has 1 aliphatic heterocycles. The number of aryl methyl sites for hydroxylation is 2. The Balaban J connectivity index is 0.000000840. The van der Waals surface area contributed by atoms with Crippen molar-refractivity contribution in [3.05, 3.63) is 80.1 Å². The summed E-state index contributed by atoms with van der Waals surface area (Å²) in [6.45, 7) is 8.11. The molecule has 1 amide bonds. The van der Waals surface area contributed by atoms with Crippen LogP contribution in [0.15, 0.2) is 52.3 Å². The molecular weight excluding hydrogens is 496 g/mol. The number of fused-ring (bicyclic) bond motifs is 1. The molecule has 0 radical (unpaired) electrons. The zero-order valence-corrected chi connectivity index (χ0v) is 22.2. The van der Waals surface area contributed by atoms with Crippen molar-refractivity contribution in [2.75, 3.05) is 11.9 Å². The van der Waals surface area contributed by atoms with E-state index in [0.29, 0.717) is 39.3 Å². The SMILES string of the molecule is CC(=O)O.CCCN1C(=O)C(=Cc2c(NCc3ccc(C)cc3)nc3c(C)cccn3c2=O)SC1=S. The summed E-state index contributed by atoms with van der Waals surface area (Å²) in [5, 5.41) is 10.7. The Labute approximate surface area is 219 Å². The lowest BCUT2D eigenvalue weighted by molar-refractivity contribution is -0.134. The van der Waals surface area contributed by atoms with E-state index in [1.165, 1.54) is 21.7 Å². The van der Waals surface area contributed by atoms with Gasteiger partial charge in [-0.05, 0) is 43.5 Å². The maximum absolute atomic E-state index is 13.4. The van der Waals surface area contributed by atoms with Crippen molar-refractivity contribution < 1.29 is 14.7 Å². The van der Waals surface area contributed by atoms with E-state index < -0.39 is 5.97 Å². The highest BCUT2D eigenvalue weighted by Gasteiger charge is 2.32. The lowest BCUT2D eigenvalue weighted by Crippen LogP contribution is -2.28. The molecule has 8 nitrogen and oxygen atoms in total. The van der Waals surface area contributed by atoms with Crippen LogP contribution in [0.4, 0.5) is 5.82 Å².